The van der Waals surface area contributed by atoms with Crippen molar-refractivity contribution in [3.05, 3.63) is 58.5 Å². The minimum absolute atomic E-state index is 0.160. The van der Waals surface area contributed by atoms with Crippen molar-refractivity contribution in [1.29, 1.82) is 0 Å². The van der Waals surface area contributed by atoms with E-state index < -0.39 is 0 Å². The summed E-state index contributed by atoms with van der Waals surface area (Å²) < 4.78 is 5.45. The van der Waals surface area contributed by atoms with Crippen molar-refractivity contribution in [1.82, 2.24) is 5.43 Å². The van der Waals surface area contributed by atoms with Crippen molar-refractivity contribution in [2.75, 3.05) is 0 Å². The molecule has 0 bridgehead atoms. The molecule has 0 radical (unpaired) electrons. The van der Waals surface area contributed by atoms with Gasteiger partial charge in [0.2, 0.25) is 0 Å². The maximum absolute atomic E-state index is 5.83. The lowest BCUT2D eigenvalue weighted by Gasteiger charge is -2.26. The summed E-state index contributed by atoms with van der Waals surface area (Å²) in [5.74, 6) is 7.11. The Hall–Kier alpha value is -1.29. The van der Waals surface area contributed by atoms with E-state index in [9.17, 15) is 0 Å². The highest BCUT2D eigenvalue weighted by Gasteiger charge is 2.22. The molecule has 1 atom stereocenters. The summed E-state index contributed by atoms with van der Waals surface area (Å²) in [6.45, 7) is 0. The quantitative estimate of drug-likeness (QED) is 0.660. The van der Waals surface area contributed by atoms with Crippen LogP contribution in [0.4, 0.5) is 0 Å². The number of furan rings is 1. The van der Waals surface area contributed by atoms with Gasteiger partial charge in [-0.2, -0.15) is 0 Å². The fourth-order valence-electron chi connectivity index (χ4n) is 2.56. The van der Waals surface area contributed by atoms with E-state index in [0.717, 1.165) is 11.3 Å². The van der Waals surface area contributed by atoms with Gasteiger partial charge in [-0.3, -0.25) is 5.84 Å². The molecule has 1 aromatic heterocycles. The summed E-state index contributed by atoms with van der Waals surface area (Å²) in [6.07, 6.45) is 3.91. The van der Waals surface area contributed by atoms with Gasteiger partial charge in [0, 0.05) is 0 Å². The first-order valence-electron chi connectivity index (χ1n) is 6.59. The Morgan fingerprint density at radius 1 is 1.26 bits per heavy atom. The maximum Gasteiger partial charge on any atom is 0.193 e. The van der Waals surface area contributed by atoms with Crippen molar-refractivity contribution < 1.29 is 4.42 Å². The number of rotatable bonds is 4. The lowest BCUT2D eigenvalue weighted by atomic mass is 9.79. The first-order chi connectivity index (χ1) is 9.28. The van der Waals surface area contributed by atoms with Crippen molar-refractivity contribution in [2.24, 2.45) is 5.84 Å². The van der Waals surface area contributed by atoms with E-state index in [2.05, 4.69) is 29.7 Å². The van der Waals surface area contributed by atoms with Gasteiger partial charge < -0.3 is 4.42 Å². The topological polar surface area (TPSA) is 51.2 Å². The second-order valence-corrected chi connectivity index (χ2v) is 5.41. The highest BCUT2D eigenvalue weighted by atomic mass is 35.5. The lowest BCUT2D eigenvalue weighted by Crippen LogP contribution is -2.28. The standard InChI is InChI=1S/C15H17ClN2O/c16-14-8-7-13(19-14)15(18-17)12-6-2-5-11(9-12)10-3-1-4-10/h2,5-10,15,18H,1,3-4,17H2. The monoisotopic (exact) mass is 276 g/mol. The molecule has 0 spiro atoms. The molecule has 4 heteroatoms. The molecule has 3 nitrogen and oxygen atoms in total. The number of nitrogens with one attached hydrogen (secondary N) is 1. The Balaban J connectivity index is 1.90. The van der Waals surface area contributed by atoms with Gasteiger partial charge in [0.1, 0.15) is 11.8 Å². The zero-order valence-corrected chi connectivity index (χ0v) is 11.4. The second-order valence-electron chi connectivity index (χ2n) is 5.04. The third-order valence-corrected chi connectivity index (χ3v) is 4.07. The van der Waals surface area contributed by atoms with E-state index in [1.165, 1.54) is 24.8 Å². The number of hydrogen-bond acceptors (Lipinski definition) is 3. The predicted octanol–water partition coefficient (Wildman–Crippen LogP) is 3.75. The molecule has 1 aromatic carbocycles. The third kappa shape index (κ3) is 2.54. The molecule has 1 heterocycles. The van der Waals surface area contributed by atoms with Crippen LogP contribution >= 0.6 is 11.6 Å². The summed E-state index contributed by atoms with van der Waals surface area (Å²) >= 11 is 5.83. The first-order valence-corrected chi connectivity index (χ1v) is 6.97. The van der Waals surface area contributed by atoms with E-state index in [1.54, 1.807) is 6.07 Å². The summed E-state index contributed by atoms with van der Waals surface area (Å²) in [4.78, 5) is 0. The van der Waals surface area contributed by atoms with Crippen LogP contribution < -0.4 is 11.3 Å². The Morgan fingerprint density at radius 2 is 2.11 bits per heavy atom. The second kappa shape index (κ2) is 5.37. The van der Waals surface area contributed by atoms with E-state index in [-0.39, 0.29) is 6.04 Å². The highest BCUT2D eigenvalue weighted by Crippen LogP contribution is 2.37. The minimum atomic E-state index is -0.160. The molecule has 1 saturated carbocycles. The van der Waals surface area contributed by atoms with Gasteiger partial charge in [-0.05, 0) is 53.6 Å². The largest absolute Gasteiger partial charge is 0.448 e. The van der Waals surface area contributed by atoms with Crippen LogP contribution in [0.25, 0.3) is 0 Å². The van der Waals surface area contributed by atoms with E-state index in [1.807, 2.05) is 6.07 Å². The van der Waals surface area contributed by atoms with Crippen LogP contribution in [0.15, 0.2) is 40.8 Å². The minimum Gasteiger partial charge on any atom is -0.448 e. The first kappa shape index (κ1) is 12.7. The lowest BCUT2D eigenvalue weighted by molar-refractivity contribution is 0.418. The van der Waals surface area contributed by atoms with Gasteiger partial charge in [0.15, 0.2) is 5.22 Å². The van der Waals surface area contributed by atoms with Crippen molar-refractivity contribution in [3.8, 4) is 0 Å². The predicted molar refractivity (Wildman–Crippen MR) is 75.9 cm³/mol. The number of hydrazine groups is 1. The molecule has 0 aliphatic heterocycles. The molecule has 3 N–H and O–H groups in total. The van der Waals surface area contributed by atoms with Crippen LogP contribution in [0.3, 0.4) is 0 Å². The van der Waals surface area contributed by atoms with Gasteiger partial charge in [-0.1, -0.05) is 30.7 Å². The normalized spacial score (nSPS) is 17.2. The molecule has 3 rings (SSSR count). The summed E-state index contributed by atoms with van der Waals surface area (Å²) in [7, 11) is 0. The Labute approximate surface area is 117 Å². The molecule has 1 fully saturated rings. The molecule has 1 aliphatic rings. The zero-order chi connectivity index (χ0) is 13.2. The number of nitrogens with two attached hydrogens (primary N) is 1. The number of halogens is 1. The van der Waals surface area contributed by atoms with Gasteiger partial charge in [-0.25, -0.2) is 5.43 Å². The highest BCUT2D eigenvalue weighted by molar-refractivity contribution is 6.28. The molecule has 1 aliphatic carbocycles. The van der Waals surface area contributed by atoms with E-state index in [0.29, 0.717) is 11.1 Å². The fraction of sp³-hybridized carbons (Fsp3) is 0.333. The van der Waals surface area contributed by atoms with Gasteiger partial charge in [-0.15, -0.1) is 0 Å². The van der Waals surface area contributed by atoms with Gasteiger partial charge in [0.05, 0.1) is 0 Å². The van der Waals surface area contributed by atoms with E-state index >= 15 is 0 Å². The van der Waals surface area contributed by atoms with E-state index in [4.69, 9.17) is 21.9 Å². The Kier molecular flexibility index (Phi) is 3.60. The van der Waals surface area contributed by atoms with Crippen LogP contribution in [-0.2, 0) is 0 Å². The van der Waals surface area contributed by atoms with Crippen LogP contribution in [0.5, 0.6) is 0 Å². The molecule has 19 heavy (non-hydrogen) atoms. The van der Waals surface area contributed by atoms with Crippen LogP contribution in [-0.4, -0.2) is 0 Å². The summed E-state index contributed by atoms with van der Waals surface area (Å²) in [5, 5.41) is 0.380. The van der Waals surface area contributed by atoms with Crippen LogP contribution in [0, 0.1) is 0 Å². The van der Waals surface area contributed by atoms with Crippen LogP contribution in [0.2, 0.25) is 5.22 Å². The third-order valence-electron chi connectivity index (χ3n) is 3.87. The average Bonchev–Trinajstić information content (AvgIpc) is 2.75. The van der Waals surface area contributed by atoms with Crippen molar-refractivity contribution in [3.63, 3.8) is 0 Å². The Morgan fingerprint density at radius 3 is 2.68 bits per heavy atom. The maximum atomic E-state index is 5.83. The fourth-order valence-corrected chi connectivity index (χ4v) is 2.71. The van der Waals surface area contributed by atoms with Crippen LogP contribution in [0.1, 0.15) is 48.1 Å². The molecular weight excluding hydrogens is 260 g/mol. The molecule has 0 amide bonds. The molecule has 2 aromatic rings. The van der Waals surface area contributed by atoms with Crippen molar-refractivity contribution >= 4 is 11.6 Å². The molecular formula is C15H17ClN2O. The van der Waals surface area contributed by atoms with Crippen molar-refractivity contribution in [2.45, 2.75) is 31.2 Å². The smallest absolute Gasteiger partial charge is 0.193 e. The number of benzene rings is 1. The van der Waals surface area contributed by atoms with Gasteiger partial charge >= 0.3 is 0 Å². The number of hydrogen-bond donors (Lipinski definition) is 2. The summed E-state index contributed by atoms with van der Waals surface area (Å²) in [6, 6.07) is 12.0. The molecule has 1 unspecified atom stereocenters. The SMILES string of the molecule is NNC(c1cccc(C2CCC2)c1)c1ccc(Cl)o1. The molecule has 100 valence electrons. The summed E-state index contributed by atoms with van der Waals surface area (Å²) in [5.41, 5.74) is 5.30. The Bertz CT molecular complexity index is 563. The average molecular weight is 277 g/mol. The zero-order valence-electron chi connectivity index (χ0n) is 10.6. The van der Waals surface area contributed by atoms with Gasteiger partial charge in [0.25, 0.3) is 0 Å². The molecule has 0 saturated heterocycles.